The molecule has 0 spiro atoms. The summed E-state index contributed by atoms with van der Waals surface area (Å²) in [4.78, 5) is 0. The Labute approximate surface area is 67.6 Å². The van der Waals surface area contributed by atoms with E-state index in [1.54, 1.807) is 0 Å². The second-order valence-electron chi connectivity index (χ2n) is 2.82. The summed E-state index contributed by atoms with van der Waals surface area (Å²) >= 11 is 0. The maximum absolute atomic E-state index is 12.5. The molecule has 0 N–H and O–H groups in total. The van der Waals surface area contributed by atoms with Gasteiger partial charge < -0.3 is 0 Å². The van der Waals surface area contributed by atoms with Crippen molar-refractivity contribution in [2.24, 2.45) is 5.92 Å². The number of halogens is 4. The summed E-state index contributed by atoms with van der Waals surface area (Å²) in [7, 11) is 0. The predicted octanol–water partition coefficient (Wildman–Crippen LogP) is 3.37. The van der Waals surface area contributed by atoms with Gasteiger partial charge in [0.2, 0.25) is 0 Å². The van der Waals surface area contributed by atoms with Crippen LogP contribution in [-0.2, 0) is 0 Å². The third kappa shape index (κ3) is 1.87. The van der Waals surface area contributed by atoms with Gasteiger partial charge in [-0.3, -0.25) is 0 Å². The second-order valence-corrected chi connectivity index (χ2v) is 2.82. The first-order chi connectivity index (χ1) is 5.41. The summed E-state index contributed by atoms with van der Waals surface area (Å²) in [5.41, 5.74) is 0.170. The molecule has 0 saturated heterocycles. The molecule has 0 amide bonds. The van der Waals surface area contributed by atoms with E-state index >= 15 is 0 Å². The molecule has 0 aromatic carbocycles. The van der Waals surface area contributed by atoms with E-state index < -0.39 is 24.3 Å². The van der Waals surface area contributed by atoms with Crippen molar-refractivity contribution in [2.75, 3.05) is 0 Å². The summed E-state index contributed by atoms with van der Waals surface area (Å²) in [5.74, 6) is -2.34. The molecule has 12 heavy (non-hydrogen) atoms. The zero-order chi connectivity index (χ0) is 9.35. The van der Waals surface area contributed by atoms with Crippen LogP contribution < -0.4 is 0 Å². The minimum absolute atomic E-state index is 0.170. The topological polar surface area (TPSA) is 0 Å². The van der Waals surface area contributed by atoms with Crippen LogP contribution in [0.1, 0.15) is 13.3 Å². The lowest BCUT2D eigenvalue weighted by molar-refractivity contribution is -0.164. The highest BCUT2D eigenvalue weighted by Crippen LogP contribution is 2.38. The Kier molecular flexibility index (Phi) is 2.26. The zero-order valence-electron chi connectivity index (χ0n) is 6.45. The highest BCUT2D eigenvalue weighted by atomic mass is 19.4. The smallest absolute Gasteiger partial charge is 0.212 e. The van der Waals surface area contributed by atoms with E-state index in [0.29, 0.717) is 0 Å². The van der Waals surface area contributed by atoms with Crippen molar-refractivity contribution < 1.29 is 17.6 Å². The standard InChI is InChI=1S/C8H8F4/c1-5-2-3-6(9)4-7(5)8(10,11)12/h2-3,7H,4H2,1H3. The van der Waals surface area contributed by atoms with Crippen molar-refractivity contribution in [1.82, 2.24) is 0 Å². The van der Waals surface area contributed by atoms with E-state index in [-0.39, 0.29) is 5.57 Å². The van der Waals surface area contributed by atoms with Gasteiger partial charge in [0.25, 0.3) is 0 Å². The molecule has 0 saturated carbocycles. The fourth-order valence-electron chi connectivity index (χ4n) is 1.14. The Bertz CT molecular complexity index is 234. The lowest BCUT2D eigenvalue weighted by atomic mass is 9.91. The maximum Gasteiger partial charge on any atom is 0.395 e. The molecule has 0 bridgehead atoms. The van der Waals surface area contributed by atoms with E-state index in [1.807, 2.05) is 0 Å². The number of hydrogen-bond acceptors (Lipinski definition) is 0. The van der Waals surface area contributed by atoms with Gasteiger partial charge in [-0.2, -0.15) is 13.2 Å². The van der Waals surface area contributed by atoms with Gasteiger partial charge in [0.1, 0.15) is 5.83 Å². The first-order valence-electron chi connectivity index (χ1n) is 3.51. The Morgan fingerprint density at radius 3 is 2.33 bits per heavy atom. The van der Waals surface area contributed by atoms with E-state index in [9.17, 15) is 17.6 Å². The molecule has 0 aromatic heterocycles. The average Bonchev–Trinajstić information content (AvgIpc) is 1.92. The fraction of sp³-hybridized carbons (Fsp3) is 0.500. The molecular weight excluding hydrogens is 172 g/mol. The molecule has 1 aliphatic carbocycles. The quantitative estimate of drug-likeness (QED) is 0.501. The van der Waals surface area contributed by atoms with Gasteiger partial charge in [-0.25, -0.2) is 4.39 Å². The first kappa shape index (κ1) is 9.29. The highest BCUT2D eigenvalue weighted by molar-refractivity contribution is 5.23. The molecule has 0 fully saturated rings. The number of alkyl halides is 3. The van der Waals surface area contributed by atoms with Crippen LogP contribution in [0.15, 0.2) is 23.6 Å². The van der Waals surface area contributed by atoms with E-state index in [1.165, 1.54) is 13.0 Å². The van der Waals surface area contributed by atoms with E-state index in [4.69, 9.17) is 0 Å². The van der Waals surface area contributed by atoms with Gasteiger partial charge in [0, 0.05) is 6.42 Å². The molecule has 0 aromatic rings. The van der Waals surface area contributed by atoms with Crippen molar-refractivity contribution in [2.45, 2.75) is 19.5 Å². The van der Waals surface area contributed by atoms with E-state index in [2.05, 4.69) is 0 Å². The van der Waals surface area contributed by atoms with E-state index in [0.717, 1.165) is 6.08 Å². The highest BCUT2D eigenvalue weighted by Gasteiger charge is 2.41. The maximum atomic E-state index is 12.5. The third-order valence-corrected chi connectivity index (χ3v) is 1.87. The molecule has 0 aliphatic heterocycles. The summed E-state index contributed by atoms with van der Waals surface area (Å²) < 4.78 is 48.8. The van der Waals surface area contributed by atoms with Crippen molar-refractivity contribution in [3.63, 3.8) is 0 Å². The molecule has 1 aliphatic rings. The molecule has 0 radical (unpaired) electrons. The predicted molar refractivity (Wildman–Crippen MR) is 37.1 cm³/mol. The summed E-state index contributed by atoms with van der Waals surface area (Å²) in [6, 6.07) is 0. The first-order valence-corrected chi connectivity index (χ1v) is 3.51. The molecule has 68 valence electrons. The van der Waals surface area contributed by atoms with Gasteiger partial charge in [-0.15, -0.1) is 0 Å². The van der Waals surface area contributed by atoms with Crippen LogP contribution >= 0.6 is 0 Å². The third-order valence-electron chi connectivity index (χ3n) is 1.87. The number of rotatable bonds is 0. The monoisotopic (exact) mass is 180 g/mol. The normalized spacial score (nSPS) is 24.9. The van der Waals surface area contributed by atoms with Crippen molar-refractivity contribution in [3.8, 4) is 0 Å². The van der Waals surface area contributed by atoms with Crippen molar-refractivity contribution in [1.29, 1.82) is 0 Å². The Hall–Kier alpha value is -0.800. The molecular formula is C8H8F4. The van der Waals surface area contributed by atoms with Gasteiger partial charge in [0.05, 0.1) is 5.92 Å². The zero-order valence-corrected chi connectivity index (χ0v) is 6.45. The second kappa shape index (κ2) is 2.92. The Morgan fingerprint density at radius 1 is 1.33 bits per heavy atom. The summed E-state index contributed by atoms with van der Waals surface area (Å²) in [6.45, 7) is 1.36. The number of hydrogen-bond donors (Lipinski definition) is 0. The summed E-state index contributed by atoms with van der Waals surface area (Å²) in [6.07, 6.45) is -2.62. The molecule has 0 nitrogen and oxygen atoms in total. The van der Waals surface area contributed by atoms with Crippen LogP contribution in [0, 0.1) is 5.92 Å². The average molecular weight is 180 g/mol. The minimum atomic E-state index is -4.33. The van der Waals surface area contributed by atoms with Gasteiger partial charge in [-0.1, -0.05) is 11.6 Å². The molecule has 0 heterocycles. The molecule has 1 atom stereocenters. The van der Waals surface area contributed by atoms with Crippen molar-refractivity contribution in [3.05, 3.63) is 23.6 Å². The molecule has 1 rings (SSSR count). The summed E-state index contributed by atoms with van der Waals surface area (Å²) in [5, 5.41) is 0. The van der Waals surface area contributed by atoms with Crippen LogP contribution in [0.2, 0.25) is 0 Å². The van der Waals surface area contributed by atoms with Crippen LogP contribution in [0.5, 0.6) is 0 Å². The Morgan fingerprint density at radius 2 is 1.92 bits per heavy atom. The van der Waals surface area contributed by atoms with Crippen LogP contribution in [-0.4, -0.2) is 6.18 Å². The number of allylic oxidation sites excluding steroid dienone is 4. The Balaban J connectivity index is 2.84. The van der Waals surface area contributed by atoms with Gasteiger partial charge in [-0.05, 0) is 13.0 Å². The lowest BCUT2D eigenvalue weighted by Gasteiger charge is -2.22. The van der Waals surface area contributed by atoms with Crippen molar-refractivity contribution >= 4 is 0 Å². The largest absolute Gasteiger partial charge is 0.395 e. The molecule has 4 heteroatoms. The van der Waals surface area contributed by atoms with Gasteiger partial charge >= 0.3 is 6.18 Å². The lowest BCUT2D eigenvalue weighted by Crippen LogP contribution is -2.25. The SMILES string of the molecule is CC1=CC=C(F)CC1C(F)(F)F. The van der Waals surface area contributed by atoms with Crippen LogP contribution in [0.3, 0.4) is 0 Å². The fourth-order valence-corrected chi connectivity index (χ4v) is 1.14. The van der Waals surface area contributed by atoms with Crippen LogP contribution in [0.4, 0.5) is 17.6 Å². The minimum Gasteiger partial charge on any atom is -0.212 e. The van der Waals surface area contributed by atoms with Crippen LogP contribution in [0.25, 0.3) is 0 Å². The van der Waals surface area contributed by atoms with Gasteiger partial charge in [0.15, 0.2) is 0 Å². The molecule has 1 unspecified atom stereocenters.